The fraction of sp³-hybridized carbons (Fsp3) is 0.429. The van der Waals surface area contributed by atoms with Gasteiger partial charge in [-0.3, -0.25) is 4.90 Å². The summed E-state index contributed by atoms with van der Waals surface area (Å²) in [6.07, 6.45) is -0.0248. The number of rotatable bonds is 5. The molecule has 1 amide bonds. The topological polar surface area (TPSA) is 89.9 Å². The Hall–Kier alpha value is -2.08. The molecule has 6 heteroatoms. The van der Waals surface area contributed by atoms with Gasteiger partial charge < -0.3 is 15.5 Å². The Balaban J connectivity index is 1.83. The van der Waals surface area contributed by atoms with Gasteiger partial charge in [-0.1, -0.05) is 30.3 Å². The summed E-state index contributed by atoms with van der Waals surface area (Å²) in [6.45, 7) is 0.926. The standard InChI is InChI=1S/C14H18N2O4/c17-13(18)12-8-11(9-16(12)14(19)20)15-7-6-10-4-2-1-3-5-10/h1-5,11-12,15H,6-9H2,(H,17,18)(H,19,20). The van der Waals surface area contributed by atoms with Gasteiger partial charge in [0, 0.05) is 12.6 Å². The van der Waals surface area contributed by atoms with Gasteiger partial charge in [-0.15, -0.1) is 0 Å². The van der Waals surface area contributed by atoms with Crippen LogP contribution in [0, 0.1) is 0 Å². The molecule has 0 aliphatic carbocycles. The first kappa shape index (κ1) is 14.3. The number of benzene rings is 1. The highest BCUT2D eigenvalue weighted by Gasteiger charge is 2.39. The second-order valence-corrected chi connectivity index (χ2v) is 4.91. The Labute approximate surface area is 117 Å². The summed E-state index contributed by atoms with van der Waals surface area (Å²) in [5.41, 5.74) is 1.20. The van der Waals surface area contributed by atoms with E-state index in [1.807, 2.05) is 30.3 Å². The summed E-state index contributed by atoms with van der Waals surface area (Å²) in [5.74, 6) is -1.08. The Bertz CT molecular complexity index is 455. The normalized spacial score (nSPS) is 21.9. The molecule has 0 aromatic heterocycles. The number of hydrogen-bond donors (Lipinski definition) is 3. The fourth-order valence-corrected chi connectivity index (χ4v) is 2.49. The zero-order valence-electron chi connectivity index (χ0n) is 11.0. The van der Waals surface area contributed by atoms with Gasteiger partial charge in [-0.05, 0) is 24.9 Å². The van der Waals surface area contributed by atoms with Crippen molar-refractivity contribution in [2.24, 2.45) is 0 Å². The lowest BCUT2D eigenvalue weighted by Gasteiger charge is -2.16. The summed E-state index contributed by atoms with van der Waals surface area (Å²) in [5, 5.41) is 21.2. The highest BCUT2D eigenvalue weighted by atomic mass is 16.4. The van der Waals surface area contributed by atoms with Crippen LogP contribution in [-0.4, -0.2) is 52.3 Å². The Kier molecular flexibility index (Phi) is 4.57. The first-order valence-electron chi connectivity index (χ1n) is 6.57. The van der Waals surface area contributed by atoms with Crippen molar-refractivity contribution in [3.8, 4) is 0 Å². The maximum absolute atomic E-state index is 11.0. The highest BCUT2D eigenvalue weighted by Crippen LogP contribution is 2.18. The molecule has 3 N–H and O–H groups in total. The van der Waals surface area contributed by atoms with E-state index in [9.17, 15) is 9.59 Å². The molecule has 2 unspecified atom stereocenters. The van der Waals surface area contributed by atoms with E-state index in [2.05, 4.69) is 5.32 Å². The van der Waals surface area contributed by atoms with Crippen LogP contribution in [0.5, 0.6) is 0 Å². The number of carboxylic acids is 1. The molecule has 2 atom stereocenters. The molecular weight excluding hydrogens is 260 g/mol. The number of nitrogens with zero attached hydrogens (tertiary/aromatic N) is 1. The molecule has 1 aliphatic rings. The first-order valence-corrected chi connectivity index (χ1v) is 6.57. The number of amides is 1. The van der Waals surface area contributed by atoms with Crippen molar-refractivity contribution >= 4 is 12.1 Å². The van der Waals surface area contributed by atoms with Crippen LogP contribution < -0.4 is 5.32 Å². The second kappa shape index (κ2) is 6.38. The van der Waals surface area contributed by atoms with Crippen LogP contribution >= 0.6 is 0 Å². The number of carbonyl (C=O) groups is 2. The van der Waals surface area contributed by atoms with Crippen molar-refractivity contribution < 1.29 is 19.8 Å². The molecule has 1 fully saturated rings. The number of likely N-dealkylation sites (tertiary alicyclic amines) is 1. The molecule has 0 saturated carbocycles. The minimum atomic E-state index is -1.18. The third kappa shape index (κ3) is 3.48. The van der Waals surface area contributed by atoms with Crippen LogP contribution in [0.15, 0.2) is 30.3 Å². The molecule has 1 heterocycles. The maximum atomic E-state index is 11.0. The summed E-state index contributed by atoms with van der Waals surface area (Å²) in [4.78, 5) is 23.0. The van der Waals surface area contributed by atoms with Crippen molar-refractivity contribution in [2.75, 3.05) is 13.1 Å². The smallest absolute Gasteiger partial charge is 0.408 e. The van der Waals surface area contributed by atoms with E-state index in [1.165, 1.54) is 5.56 Å². The van der Waals surface area contributed by atoms with Crippen molar-refractivity contribution in [1.29, 1.82) is 0 Å². The van der Waals surface area contributed by atoms with Crippen LogP contribution in [0.4, 0.5) is 4.79 Å². The molecule has 1 aliphatic heterocycles. The van der Waals surface area contributed by atoms with E-state index in [4.69, 9.17) is 10.2 Å². The van der Waals surface area contributed by atoms with Crippen LogP contribution in [0.25, 0.3) is 0 Å². The molecule has 1 saturated heterocycles. The van der Waals surface area contributed by atoms with Gasteiger partial charge in [-0.2, -0.15) is 0 Å². The van der Waals surface area contributed by atoms with E-state index in [0.717, 1.165) is 11.3 Å². The quantitative estimate of drug-likeness (QED) is 0.748. The molecular formula is C14H18N2O4. The molecule has 108 valence electrons. The largest absolute Gasteiger partial charge is 0.480 e. The molecule has 20 heavy (non-hydrogen) atoms. The molecule has 1 aromatic rings. The van der Waals surface area contributed by atoms with Crippen LogP contribution in [0.3, 0.4) is 0 Å². The number of nitrogens with one attached hydrogen (secondary N) is 1. The predicted octanol–water partition coefficient (Wildman–Crippen LogP) is 1.02. The van der Waals surface area contributed by atoms with Gasteiger partial charge in [0.15, 0.2) is 0 Å². The molecule has 2 rings (SSSR count). The minimum Gasteiger partial charge on any atom is -0.480 e. The summed E-state index contributed by atoms with van der Waals surface area (Å²) in [6, 6.07) is 8.91. The minimum absolute atomic E-state index is 0.101. The molecule has 0 spiro atoms. The van der Waals surface area contributed by atoms with E-state index in [-0.39, 0.29) is 12.6 Å². The number of aliphatic carboxylic acids is 1. The van der Waals surface area contributed by atoms with Gasteiger partial charge in [-0.25, -0.2) is 9.59 Å². The summed E-state index contributed by atoms with van der Waals surface area (Å²) < 4.78 is 0. The number of hydrogen-bond acceptors (Lipinski definition) is 3. The van der Waals surface area contributed by atoms with E-state index in [1.54, 1.807) is 0 Å². The Morgan fingerprint density at radius 3 is 2.50 bits per heavy atom. The maximum Gasteiger partial charge on any atom is 0.408 e. The fourth-order valence-electron chi connectivity index (χ4n) is 2.49. The van der Waals surface area contributed by atoms with Gasteiger partial charge in [0.2, 0.25) is 0 Å². The van der Waals surface area contributed by atoms with Crippen molar-refractivity contribution in [3.05, 3.63) is 35.9 Å². The van der Waals surface area contributed by atoms with E-state index >= 15 is 0 Å². The zero-order chi connectivity index (χ0) is 14.5. The summed E-state index contributed by atoms with van der Waals surface area (Å²) >= 11 is 0. The highest BCUT2D eigenvalue weighted by molar-refractivity contribution is 5.80. The van der Waals surface area contributed by atoms with E-state index in [0.29, 0.717) is 13.0 Å². The molecule has 6 nitrogen and oxygen atoms in total. The van der Waals surface area contributed by atoms with Gasteiger partial charge in [0.05, 0.1) is 0 Å². The lowest BCUT2D eigenvalue weighted by atomic mass is 10.1. The van der Waals surface area contributed by atoms with Gasteiger partial charge >= 0.3 is 12.1 Å². The average molecular weight is 278 g/mol. The third-order valence-corrected chi connectivity index (χ3v) is 3.52. The summed E-state index contributed by atoms with van der Waals surface area (Å²) in [7, 11) is 0. The van der Waals surface area contributed by atoms with Crippen LogP contribution in [0.2, 0.25) is 0 Å². The van der Waals surface area contributed by atoms with Gasteiger partial charge in [0.25, 0.3) is 0 Å². The van der Waals surface area contributed by atoms with Crippen molar-refractivity contribution in [2.45, 2.75) is 24.9 Å². The Morgan fingerprint density at radius 1 is 1.25 bits per heavy atom. The second-order valence-electron chi connectivity index (χ2n) is 4.91. The van der Waals surface area contributed by atoms with Crippen molar-refractivity contribution in [3.63, 3.8) is 0 Å². The lowest BCUT2D eigenvalue weighted by molar-refractivity contribution is -0.141. The molecule has 0 bridgehead atoms. The molecule has 0 radical (unpaired) electrons. The average Bonchev–Trinajstić information content (AvgIpc) is 2.85. The van der Waals surface area contributed by atoms with Gasteiger partial charge in [0.1, 0.15) is 6.04 Å². The van der Waals surface area contributed by atoms with Crippen LogP contribution in [0.1, 0.15) is 12.0 Å². The van der Waals surface area contributed by atoms with E-state index < -0.39 is 18.1 Å². The number of carboxylic acid groups (broad SMARTS) is 2. The lowest BCUT2D eigenvalue weighted by Crippen LogP contribution is -2.40. The monoisotopic (exact) mass is 278 g/mol. The Morgan fingerprint density at radius 2 is 1.95 bits per heavy atom. The SMILES string of the molecule is O=C(O)C1CC(NCCc2ccccc2)CN1C(=O)O. The van der Waals surface area contributed by atoms with Crippen molar-refractivity contribution in [1.82, 2.24) is 10.2 Å². The zero-order valence-corrected chi connectivity index (χ0v) is 11.0. The van der Waals surface area contributed by atoms with Crippen LogP contribution in [-0.2, 0) is 11.2 Å². The molecule has 1 aromatic carbocycles. The third-order valence-electron chi connectivity index (χ3n) is 3.52. The predicted molar refractivity (Wildman–Crippen MR) is 72.7 cm³/mol. The first-order chi connectivity index (χ1) is 9.58.